The van der Waals surface area contributed by atoms with Crippen molar-refractivity contribution in [2.45, 2.75) is 199 Å². The van der Waals surface area contributed by atoms with Crippen LogP contribution >= 0.6 is 7.82 Å². The maximum absolute atomic E-state index is 12.8. The van der Waals surface area contributed by atoms with Gasteiger partial charge in [-0.3, -0.25) is 9.36 Å². The van der Waals surface area contributed by atoms with Crippen LogP contribution in [-0.4, -0.2) is 68.5 Å². The number of phosphoric acid groups is 1. The number of quaternary nitrogens is 1. The van der Waals surface area contributed by atoms with Crippen molar-refractivity contribution in [1.82, 2.24) is 5.32 Å². The van der Waals surface area contributed by atoms with Crippen LogP contribution in [-0.2, 0) is 18.4 Å². The third kappa shape index (κ3) is 45.5. The normalized spacial score (nSPS) is 14.9. The lowest BCUT2D eigenvalue weighted by Gasteiger charge is -2.29. The number of unbranched alkanes of at least 4 members (excludes halogenated alkanes) is 18. The van der Waals surface area contributed by atoms with Crippen molar-refractivity contribution < 1.29 is 32.9 Å². The van der Waals surface area contributed by atoms with Gasteiger partial charge in [0.2, 0.25) is 5.91 Å². The molecule has 0 spiro atoms. The molecule has 0 heterocycles. The fourth-order valence-corrected chi connectivity index (χ4v) is 7.23. The summed E-state index contributed by atoms with van der Waals surface area (Å²) < 4.78 is 23.1. The number of aliphatic hydroxyl groups excluding tert-OH is 1. The molecule has 0 saturated heterocycles. The summed E-state index contributed by atoms with van der Waals surface area (Å²) in [4.78, 5) is 25.2. The molecule has 0 aliphatic rings. The Bertz CT molecular complexity index is 1260. The van der Waals surface area contributed by atoms with Crippen LogP contribution in [0.1, 0.15) is 187 Å². The summed E-state index contributed by atoms with van der Waals surface area (Å²) in [7, 11) is 1.25. The second kappa shape index (κ2) is 43.0. The number of likely N-dealkylation sites (N-methyl/N-ethyl adjacent to an activating group) is 1. The lowest BCUT2D eigenvalue weighted by molar-refractivity contribution is -0.870. The summed E-state index contributed by atoms with van der Waals surface area (Å²) in [5.74, 6) is -0.208. The number of phosphoric ester groups is 1. The molecule has 1 amide bonds. The largest absolute Gasteiger partial charge is 0.756 e. The number of rotatable bonds is 43. The SMILES string of the molecule is CC/C=C\C/C=C\C/C=C\C/C=C\C/C=C\C/C=C\CCCCCCCCCCCCCCCCC(=O)NC(COP(=O)([O-])OCC[N+](C)(C)C)C(O)/C=C/CCCCCC. The maximum atomic E-state index is 12.8. The molecule has 2 N–H and O–H groups in total. The molecule has 0 aliphatic carbocycles. The minimum Gasteiger partial charge on any atom is -0.756 e. The molecule has 0 aromatic carbocycles. The second-order valence-electron chi connectivity index (χ2n) is 17.4. The van der Waals surface area contributed by atoms with E-state index >= 15 is 0 Å². The monoisotopic (exact) mass is 873 g/mol. The van der Waals surface area contributed by atoms with Crippen molar-refractivity contribution >= 4 is 13.7 Å². The van der Waals surface area contributed by atoms with E-state index in [1.807, 2.05) is 27.2 Å². The van der Waals surface area contributed by atoms with Crippen molar-refractivity contribution in [2.75, 3.05) is 40.9 Å². The number of aliphatic hydroxyl groups is 1. The number of carbonyl (C=O) groups excluding carboxylic acids is 1. The average molecular weight is 873 g/mol. The Hall–Kier alpha value is -2.32. The third-order valence-electron chi connectivity index (χ3n) is 10.4. The Morgan fingerprint density at radius 1 is 0.590 bits per heavy atom. The zero-order valence-corrected chi connectivity index (χ0v) is 40.7. The summed E-state index contributed by atoms with van der Waals surface area (Å²) >= 11 is 0. The quantitative estimate of drug-likeness (QED) is 0.0273. The molecule has 0 bridgehead atoms. The van der Waals surface area contributed by atoms with Crippen LogP contribution < -0.4 is 10.2 Å². The number of hydrogen-bond acceptors (Lipinski definition) is 6. The molecule has 0 aliphatic heterocycles. The van der Waals surface area contributed by atoms with Gasteiger partial charge >= 0.3 is 0 Å². The minimum absolute atomic E-state index is 0.00471. The predicted octanol–water partition coefficient (Wildman–Crippen LogP) is 13.5. The molecule has 9 heteroatoms. The van der Waals surface area contributed by atoms with Gasteiger partial charge in [0.05, 0.1) is 39.9 Å². The topological polar surface area (TPSA) is 108 Å². The van der Waals surface area contributed by atoms with E-state index in [0.29, 0.717) is 17.4 Å². The van der Waals surface area contributed by atoms with Crippen LogP contribution in [0.3, 0.4) is 0 Å². The molecule has 8 nitrogen and oxygen atoms in total. The number of nitrogens with one attached hydrogen (secondary N) is 1. The first-order valence-electron chi connectivity index (χ1n) is 24.4. The van der Waals surface area contributed by atoms with Gasteiger partial charge in [-0.2, -0.15) is 0 Å². The standard InChI is InChI=1S/C52H93N2O6P/c1-6-8-10-12-14-15-16-17-18-19-20-21-22-23-24-25-26-27-28-29-30-31-32-33-34-35-36-37-38-39-40-42-44-46-52(56)53-50(51(55)45-43-41-13-11-9-7-2)49-60-61(57,58)59-48-47-54(3,4)5/h8,10,14-15,17-18,20-21,23-24,26-27,43,45,50-51,55H,6-7,9,11-13,16,19,22,25,28-42,44,46-49H2,1-5H3,(H-,53,56,57,58)/b10-8-,15-14-,18-17-,21-20-,24-23-,27-26-,45-43+. The van der Waals surface area contributed by atoms with Crippen LogP contribution in [0.5, 0.6) is 0 Å². The Balaban J connectivity index is 3.94. The van der Waals surface area contributed by atoms with Gasteiger partial charge in [-0.15, -0.1) is 0 Å². The molecule has 0 aromatic heterocycles. The summed E-state index contributed by atoms with van der Waals surface area (Å²) in [6.45, 7) is 4.43. The summed E-state index contributed by atoms with van der Waals surface area (Å²) in [5, 5.41) is 13.6. The molecule has 0 rings (SSSR count). The molecular formula is C52H93N2O6P. The highest BCUT2D eigenvalue weighted by Gasteiger charge is 2.23. The van der Waals surface area contributed by atoms with Gasteiger partial charge in [0.15, 0.2) is 0 Å². The lowest BCUT2D eigenvalue weighted by Crippen LogP contribution is -2.45. The van der Waals surface area contributed by atoms with E-state index in [0.717, 1.165) is 83.5 Å². The van der Waals surface area contributed by atoms with Crippen molar-refractivity contribution in [3.63, 3.8) is 0 Å². The number of carbonyl (C=O) groups is 1. The van der Waals surface area contributed by atoms with Gasteiger partial charge < -0.3 is 28.8 Å². The smallest absolute Gasteiger partial charge is 0.268 e. The highest BCUT2D eigenvalue weighted by atomic mass is 31.2. The first-order chi connectivity index (χ1) is 29.5. The van der Waals surface area contributed by atoms with Crippen molar-refractivity contribution in [1.29, 1.82) is 0 Å². The first-order valence-corrected chi connectivity index (χ1v) is 25.9. The molecule has 0 saturated carbocycles. The molecular weight excluding hydrogens is 780 g/mol. The average Bonchev–Trinajstić information content (AvgIpc) is 3.21. The Kier molecular flexibility index (Phi) is 41.3. The molecule has 352 valence electrons. The number of nitrogens with zero attached hydrogens (tertiary/aromatic N) is 1. The van der Waals surface area contributed by atoms with Gasteiger partial charge in [0, 0.05) is 6.42 Å². The van der Waals surface area contributed by atoms with Crippen LogP contribution in [0.25, 0.3) is 0 Å². The van der Waals surface area contributed by atoms with Gasteiger partial charge in [0.25, 0.3) is 7.82 Å². The highest BCUT2D eigenvalue weighted by Crippen LogP contribution is 2.38. The number of amides is 1. The Labute approximate surface area is 376 Å². The Morgan fingerprint density at radius 2 is 1.00 bits per heavy atom. The summed E-state index contributed by atoms with van der Waals surface area (Å²) in [6.07, 6.45) is 59.7. The summed E-state index contributed by atoms with van der Waals surface area (Å²) in [6, 6.07) is -0.886. The van der Waals surface area contributed by atoms with Crippen LogP contribution in [0.15, 0.2) is 85.1 Å². The minimum atomic E-state index is -4.58. The number of allylic oxidation sites excluding steroid dienone is 13. The predicted molar refractivity (Wildman–Crippen MR) is 260 cm³/mol. The van der Waals surface area contributed by atoms with Crippen LogP contribution in [0.4, 0.5) is 0 Å². The maximum Gasteiger partial charge on any atom is 0.268 e. The van der Waals surface area contributed by atoms with Crippen molar-refractivity contribution in [3.05, 3.63) is 85.1 Å². The van der Waals surface area contributed by atoms with Gasteiger partial charge in [0.1, 0.15) is 13.2 Å². The Morgan fingerprint density at radius 3 is 1.46 bits per heavy atom. The van der Waals surface area contributed by atoms with E-state index in [1.54, 1.807) is 6.08 Å². The van der Waals surface area contributed by atoms with Gasteiger partial charge in [-0.1, -0.05) is 195 Å². The zero-order valence-electron chi connectivity index (χ0n) is 39.8. The zero-order chi connectivity index (χ0) is 45.0. The molecule has 3 atom stereocenters. The molecule has 0 radical (unpaired) electrons. The molecule has 61 heavy (non-hydrogen) atoms. The van der Waals surface area contributed by atoms with E-state index in [4.69, 9.17) is 9.05 Å². The third-order valence-corrected chi connectivity index (χ3v) is 11.3. The lowest BCUT2D eigenvalue weighted by atomic mass is 10.0. The molecule has 0 aromatic rings. The molecule has 3 unspecified atom stereocenters. The molecule has 0 fully saturated rings. The fourth-order valence-electron chi connectivity index (χ4n) is 6.51. The van der Waals surface area contributed by atoms with Crippen molar-refractivity contribution in [3.8, 4) is 0 Å². The van der Waals surface area contributed by atoms with Gasteiger partial charge in [-0.05, 0) is 70.6 Å². The van der Waals surface area contributed by atoms with E-state index in [9.17, 15) is 19.4 Å². The fraction of sp³-hybridized carbons (Fsp3) is 0.712. The summed E-state index contributed by atoms with van der Waals surface area (Å²) in [5.41, 5.74) is 0. The van der Waals surface area contributed by atoms with Gasteiger partial charge in [-0.25, -0.2) is 0 Å². The second-order valence-corrected chi connectivity index (χ2v) is 18.8. The van der Waals surface area contributed by atoms with E-state index < -0.39 is 20.0 Å². The first kappa shape index (κ1) is 58.7. The van der Waals surface area contributed by atoms with E-state index in [-0.39, 0.29) is 19.1 Å². The number of hydrogen-bond donors (Lipinski definition) is 2. The van der Waals surface area contributed by atoms with Crippen molar-refractivity contribution in [2.24, 2.45) is 0 Å². The highest BCUT2D eigenvalue weighted by molar-refractivity contribution is 7.45. The van der Waals surface area contributed by atoms with E-state index in [2.05, 4.69) is 92.1 Å². The van der Waals surface area contributed by atoms with Crippen LogP contribution in [0, 0.1) is 0 Å². The van der Waals surface area contributed by atoms with E-state index in [1.165, 1.54) is 83.5 Å². The van der Waals surface area contributed by atoms with Crippen LogP contribution in [0.2, 0.25) is 0 Å².